The summed E-state index contributed by atoms with van der Waals surface area (Å²) in [4.78, 5) is 20.5. The average Bonchev–Trinajstić information content (AvgIpc) is 1.85. The fourth-order valence-electron chi connectivity index (χ4n) is 0.437. The second-order valence-corrected chi connectivity index (χ2v) is 2.61. The highest BCUT2D eigenvalue weighted by molar-refractivity contribution is 6.39. The van der Waals surface area contributed by atoms with Crippen LogP contribution in [0.15, 0.2) is 10.5 Å². The fourth-order valence-corrected chi connectivity index (χ4v) is 0.775. The summed E-state index contributed by atoms with van der Waals surface area (Å²) in [5.41, 5.74) is 0. The molecule has 0 fully saturated rings. The third-order valence-electron chi connectivity index (χ3n) is 0.850. The van der Waals surface area contributed by atoms with Crippen LogP contribution in [-0.4, -0.2) is 28.2 Å². The van der Waals surface area contributed by atoms with Gasteiger partial charge in [0.1, 0.15) is 0 Å². The first-order valence-electron chi connectivity index (χ1n) is 2.14. The minimum Gasteiger partial charge on any atom is -0.388 e. The van der Waals surface area contributed by atoms with Gasteiger partial charge in [-0.1, -0.05) is 0 Å². The van der Waals surface area contributed by atoms with Gasteiger partial charge in [-0.25, -0.2) is 9.59 Å². The van der Waals surface area contributed by atoms with E-state index in [1.54, 1.807) is 0 Å². The molecule has 8 heavy (non-hydrogen) atoms. The molecule has 0 aromatic carbocycles. The Bertz CT molecular complexity index is 182. The lowest BCUT2D eigenvalue weighted by Gasteiger charge is -1.84. The van der Waals surface area contributed by atoms with E-state index in [9.17, 15) is 9.59 Å². The number of carbonyl (C=O) groups is 2. The van der Waals surface area contributed by atoms with E-state index in [0.717, 1.165) is 0 Å². The van der Waals surface area contributed by atoms with E-state index >= 15 is 0 Å². The molecule has 0 aliphatic carbocycles. The van der Waals surface area contributed by atoms with Crippen LogP contribution in [0.3, 0.4) is 0 Å². The molecule has 1 heterocycles. The Kier molecular flexibility index (Phi) is 1.20. The molecule has 0 unspecified atom stereocenters. The van der Waals surface area contributed by atoms with Crippen molar-refractivity contribution in [1.29, 1.82) is 0 Å². The van der Waals surface area contributed by atoms with Crippen molar-refractivity contribution in [2.45, 2.75) is 0 Å². The van der Waals surface area contributed by atoms with Crippen molar-refractivity contribution in [3.8, 4) is 0 Å². The maximum absolute atomic E-state index is 10.3. The van der Waals surface area contributed by atoms with Gasteiger partial charge in [-0.3, -0.25) is 0 Å². The number of rotatable bonds is 0. The smallest absolute Gasteiger partial charge is 0.337 e. The molecule has 1 rings (SSSR count). The van der Waals surface area contributed by atoms with E-state index < -0.39 is 11.9 Å². The normalized spacial score (nSPS) is 18.2. The Balaban J connectivity index is 2.88. The molecular formula is C4H3AlO3. The van der Waals surface area contributed by atoms with Gasteiger partial charge in [-0.2, -0.15) is 0 Å². The first kappa shape index (κ1) is 5.55. The van der Waals surface area contributed by atoms with E-state index in [1.807, 2.05) is 0 Å². The molecule has 0 saturated carbocycles. The summed E-state index contributed by atoms with van der Waals surface area (Å²) in [7, 11) is 0. The van der Waals surface area contributed by atoms with Gasteiger partial charge in [0.25, 0.3) is 16.3 Å². The number of hydrogen-bond donors (Lipinski definition) is 0. The van der Waals surface area contributed by atoms with Crippen LogP contribution in [0.25, 0.3) is 0 Å². The van der Waals surface area contributed by atoms with E-state index in [4.69, 9.17) is 0 Å². The van der Waals surface area contributed by atoms with Gasteiger partial charge >= 0.3 is 11.9 Å². The summed E-state index contributed by atoms with van der Waals surface area (Å²) in [5, 5.41) is 0. The summed E-state index contributed by atoms with van der Waals surface area (Å²) >= 11 is 0.591. The molecule has 0 amide bonds. The van der Waals surface area contributed by atoms with Crippen molar-refractivity contribution in [1.82, 2.24) is 0 Å². The Morgan fingerprint density at radius 3 is 2.25 bits per heavy atom. The van der Waals surface area contributed by atoms with Gasteiger partial charge in [-0.15, -0.1) is 0 Å². The largest absolute Gasteiger partial charge is 0.388 e. The minimum absolute atomic E-state index is 0.471. The van der Waals surface area contributed by atoms with Gasteiger partial charge in [0.15, 0.2) is 0 Å². The van der Waals surface area contributed by atoms with Crippen LogP contribution in [0.1, 0.15) is 0 Å². The Hall–Kier alpha value is -0.588. The third-order valence-corrected chi connectivity index (χ3v) is 1.55. The van der Waals surface area contributed by atoms with Crippen molar-refractivity contribution in [3.63, 3.8) is 0 Å². The molecular weight excluding hydrogens is 123 g/mol. The Morgan fingerprint density at radius 1 is 1.50 bits per heavy atom. The molecule has 4 heteroatoms. The second-order valence-electron chi connectivity index (χ2n) is 1.54. The van der Waals surface area contributed by atoms with Crippen LogP contribution in [0, 0.1) is 0 Å². The van der Waals surface area contributed by atoms with Crippen LogP contribution in [0.5, 0.6) is 0 Å². The fraction of sp³-hybridized carbons (Fsp3) is 0. The molecule has 1 aliphatic heterocycles. The van der Waals surface area contributed by atoms with Gasteiger partial charge in [0.2, 0.25) is 0 Å². The first-order valence-corrected chi connectivity index (χ1v) is 3.14. The zero-order valence-corrected chi connectivity index (χ0v) is 6.30. The number of esters is 2. The summed E-state index contributed by atoms with van der Waals surface area (Å²) in [6.07, 6.45) is 1.23. The van der Waals surface area contributed by atoms with Crippen LogP contribution in [0.2, 0.25) is 0 Å². The van der Waals surface area contributed by atoms with Crippen LogP contribution < -0.4 is 0 Å². The highest BCUT2D eigenvalue weighted by Crippen LogP contribution is 2.01. The van der Waals surface area contributed by atoms with Gasteiger partial charge in [0, 0.05) is 6.08 Å². The topological polar surface area (TPSA) is 43.4 Å². The van der Waals surface area contributed by atoms with Crippen molar-refractivity contribution in [2.24, 2.45) is 0 Å². The Morgan fingerprint density at radius 2 is 2.12 bits per heavy atom. The molecule has 0 spiro atoms. The lowest BCUT2D eigenvalue weighted by Crippen LogP contribution is -2.00. The molecule has 0 saturated heterocycles. The number of ether oxygens (including phenoxy) is 1. The molecule has 0 N–H and O–H groups in total. The van der Waals surface area contributed by atoms with Crippen LogP contribution in [-0.2, 0) is 14.3 Å². The SMILES string of the molecule is O=C1C=[C]([AlH2])C(=O)O1. The van der Waals surface area contributed by atoms with E-state index in [0.29, 0.717) is 20.7 Å². The lowest BCUT2D eigenvalue weighted by atomic mass is 10.5. The molecule has 0 radical (unpaired) electrons. The molecule has 0 bridgehead atoms. The second kappa shape index (κ2) is 1.73. The predicted octanol–water partition coefficient (Wildman–Crippen LogP) is -1.41. The Labute approximate surface area is 53.7 Å². The van der Waals surface area contributed by atoms with Crippen molar-refractivity contribution < 1.29 is 14.3 Å². The number of cyclic esters (lactones) is 2. The summed E-state index contributed by atoms with van der Waals surface area (Å²) in [6, 6.07) is 0. The molecule has 0 aromatic heterocycles. The van der Waals surface area contributed by atoms with Crippen LogP contribution >= 0.6 is 0 Å². The standard InChI is InChI=1S/C4HO3.Al.2H/c5-3-1-2-4(6)7-3;;;/h1H;;;. The van der Waals surface area contributed by atoms with Gasteiger partial charge in [0.05, 0.1) is 0 Å². The highest BCUT2D eigenvalue weighted by Gasteiger charge is 2.17. The monoisotopic (exact) mass is 126 g/mol. The lowest BCUT2D eigenvalue weighted by molar-refractivity contribution is -0.150. The van der Waals surface area contributed by atoms with E-state index in [2.05, 4.69) is 4.74 Å². The van der Waals surface area contributed by atoms with Crippen molar-refractivity contribution >= 4 is 28.2 Å². The van der Waals surface area contributed by atoms with Crippen molar-refractivity contribution in [2.75, 3.05) is 0 Å². The maximum atomic E-state index is 10.3. The molecule has 40 valence electrons. The van der Waals surface area contributed by atoms with Gasteiger partial charge < -0.3 is 4.74 Å². The van der Waals surface area contributed by atoms with Crippen molar-refractivity contribution in [3.05, 3.63) is 10.5 Å². The first-order chi connectivity index (χ1) is 3.70. The zero-order chi connectivity index (χ0) is 6.15. The van der Waals surface area contributed by atoms with E-state index in [1.165, 1.54) is 6.08 Å². The number of hydrogen-bond acceptors (Lipinski definition) is 3. The van der Waals surface area contributed by atoms with Gasteiger partial charge in [-0.05, 0) is 4.44 Å². The number of carbonyl (C=O) groups excluding carboxylic acids is 2. The zero-order valence-electron chi connectivity index (χ0n) is 4.30. The molecule has 0 atom stereocenters. The predicted molar refractivity (Wildman–Crippen MR) is 27.7 cm³/mol. The highest BCUT2D eigenvalue weighted by atomic mass is 27.0. The average molecular weight is 126 g/mol. The van der Waals surface area contributed by atoms with Crippen LogP contribution in [0.4, 0.5) is 0 Å². The van der Waals surface area contributed by atoms with E-state index in [-0.39, 0.29) is 0 Å². The quantitative estimate of drug-likeness (QED) is 0.227. The molecule has 1 aliphatic rings. The maximum Gasteiger partial charge on any atom is 0.337 e. The summed E-state index contributed by atoms with van der Waals surface area (Å²) < 4.78 is 4.65. The molecule has 0 aromatic rings. The third kappa shape index (κ3) is 0.809. The molecule has 3 nitrogen and oxygen atoms in total. The minimum atomic E-state index is -0.528. The summed E-state index contributed by atoms with van der Waals surface area (Å²) in [5.74, 6) is -0.998. The summed E-state index contributed by atoms with van der Waals surface area (Å²) in [6.45, 7) is 0.